The molecule has 1 saturated carbocycles. The molecule has 1 atom stereocenters. The van der Waals surface area contributed by atoms with E-state index in [0.717, 1.165) is 25.7 Å². The number of rotatable bonds is 2. The number of likely N-dealkylation sites (tertiary alicyclic amines) is 1. The topological polar surface area (TPSA) is 79.2 Å². The minimum atomic E-state index is -0.402. The summed E-state index contributed by atoms with van der Waals surface area (Å²) in [6.45, 7) is 0.623. The largest absolute Gasteiger partial charge is 0.391 e. The first-order chi connectivity index (χ1) is 11.2. The first kappa shape index (κ1) is 14.7. The van der Waals surface area contributed by atoms with Gasteiger partial charge in [0.05, 0.1) is 24.0 Å². The normalized spacial score (nSPS) is 22.8. The Labute approximate surface area is 138 Å². The zero-order valence-corrected chi connectivity index (χ0v) is 13.5. The van der Waals surface area contributed by atoms with Gasteiger partial charge in [-0.2, -0.15) is 0 Å². The molecule has 0 aromatic carbocycles. The van der Waals surface area contributed by atoms with Crippen molar-refractivity contribution in [3.8, 4) is 10.7 Å². The molecule has 1 saturated heterocycles. The maximum atomic E-state index is 12.9. The standard InChI is InChI=1S/C16H18N4O2S/c21-13-3-8-20(16(13)4-1-2-5-16)15(22)12-10-19-14(23-12)11-9-17-6-7-18-11/h6-7,9-10,13,21H,1-5,8H2. The van der Waals surface area contributed by atoms with Crippen LogP contribution >= 0.6 is 11.3 Å². The summed E-state index contributed by atoms with van der Waals surface area (Å²) in [6.07, 6.45) is 10.7. The van der Waals surface area contributed by atoms with Gasteiger partial charge in [-0.25, -0.2) is 4.98 Å². The van der Waals surface area contributed by atoms with Crippen LogP contribution in [0, 0.1) is 0 Å². The van der Waals surface area contributed by atoms with E-state index in [-0.39, 0.29) is 11.4 Å². The van der Waals surface area contributed by atoms with Gasteiger partial charge in [-0.05, 0) is 19.3 Å². The van der Waals surface area contributed by atoms with Gasteiger partial charge in [0.1, 0.15) is 15.6 Å². The minimum absolute atomic E-state index is 0.0175. The van der Waals surface area contributed by atoms with E-state index in [1.807, 2.05) is 4.90 Å². The van der Waals surface area contributed by atoms with E-state index >= 15 is 0 Å². The Balaban J connectivity index is 1.61. The average molecular weight is 330 g/mol. The first-order valence-electron chi connectivity index (χ1n) is 7.93. The molecule has 1 aliphatic heterocycles. The smallest absolute Gasteiger partial charge is 0.266 e. The number of thiazole rings is 1. The third-order valence-electron chi connectivity index (χ3n) is 5.00. The molecule has 1 N–H and O–H groups in total. The van der Waals surface area contributed by atoms with Crippen LogP contribution in [-0.2, 0) is 0 Å². The number of hydrogen-bond donors (Lipinski definition) is 1. The van der Waals surface area contributed by atoms with E-state index in [2.05, 4.69) is 15.0 Å². The summed E-state index contributed by atoms with van der Waals surface area (Å²) in [5.74, 6) is -0.0175. The van der Waals surface area contributed by atoms with Crippen molar-refractivity contribution in [3.63, 3.8) is 0 Å². The summed E-state index contributed by atoms with van der Waals surface area (Å²) in [5.41, 5.74) is 0.321. The van der Waals surface area contributed by atoms with Crippen molar-refractivity contribution in [2.75, 3.05) is 6.54 Å². The van der Waals surface area contributed by atoms with E-state index in [1.165, 1.54) is 11.3 Å². The SMILES string of the molecule is O=C(c1cnc(-c2cnccn2)s1)N1CCC(O)C12CCCC2. The maximum absolute atomic E-state index is 12.9. The minimum Gasteiger partial charge on any atom is -0.391 e. The van der Waals surface area contributed by atoms with Crippen LogP contribution in [0.3, 0.4) is 0 Å². The lowest BCUT2D eigenvalue weighted by molar-refractivity contribution is 0.0264. The van der Waals surface area contributed by atoms with Gasteiger partial charge in [-0.3, -0.25) is 14.8 Å². The van der Waals surface area contributed by atoms with Crippen LogP contribution in [0.5, 0.6) is 0 Å². The fourth-order valence-corrected chi connectivity index (χ4v) is 4.68. The van der Waals surface area contributed by atoms with E-state index in [9.17, 15) is 9.90 Å². The first-order valence-corrected chi connectivity index (χ1v) is 8.75. The van der Waals surface area contributed by atoms with Crippen LogP contribution in [-0.4, -0.2) is 49.1 Å². The van der Waals surface area contributed by atoms with Crippen molar-refractivity contribution in [3.05, 3.63) is 29.7 Å². The highest BCUT2D eigenvalue weighted by Gasteiger charge is 2.51. The zero-order chi connectivity index (χ0) is 15.9. The summed E-state index contributed by atoms with van der Waals surface area (Å²) in [5, 5.41) is 11.1. The molecular formula is C16H18N4O2S. The highest BCUT2D eigenvalue weighted by atomic mass is 32.1. The van der Waals surface area contributed by atoms with Gasteiger partial charge in [-0.1, -0.05) is 12.8 Å². The average Bonchev–Trinajstić information content (AvgIpc) is 3.31. The number of aliphatic hydroxyl groups is 1. The van der Waals surface area contributed by atoms with Gasteiger partial charge in [0.25, 0.3) is 5.91 Å². The molecule has 2 fully saturated rings. The molecule has 1 unspecified atom stereocenters. The number of aliphatic hydroxyl groups excluding tert-OH is 1. The Hall–Kier alpha value is -1.86. The van der Waals surface area contributed by atoms with Crippen LogP contribution in [0.25, 0.3) is 10.7 Å². The second-order valence-corrected chi connectivity index (χ2v) is 7.22. The molecule has 1 amide bonds. The third-order valence-corrected chi connectivity index (χ3v) is 6.01. The molecule has 23 heavy (non-hydrogen) atoms. The number of hydrogen-bond acceptors (Lipinski definition) is 6. The fourth-order valence-electron chi connectivity index (χ4n) is 3.85. The molecule has 4 rings (SSSR count). The van der Waals surface area contributed by atoms with Gasteiger partial charge < -0.3 is 10.0 Å². The molecule has 1 spiro atoms. The van der Waals surface area contributed by atoms with Crippen LogP contribution in [0.15, 0.2) is 24.8 Å². The zero-order valence-electron chi connectivity index (χ0n) is 12.7. The molecule has 3 heterocycles. The summed E-state index contributed by atoms with van der Waals surface area (Å²) in [6, 6.07) is 0. The highest BCUT2D eigenvalue weighted by molar-refractivity contribution is 7.16. The third kappa shape index (κ3) is 2.35. The predicted octanol–water partition coefficient (Wildman–Crippen LogP) is 2.12. The van der Waals surface area contributed by atoms with Crippen LogP contribution < -0.4 is 0 Å². The Bertz CT molecular complexity index is 712. The summed E-state index contributed by atoms with van der Waals surface area (Å²) in [4.78, 5) is 28.0. The molecule has 120 valence electrons. The number of carbonyl (C=O) groups excluding carboxylic acids is 1. The molecule has 2 aromatic heterocycles. The Morgan fingerprint density at radius 1 is 1.26 bits per heavy atom. The van der Waals surface area contributed by atoms with Gasteiger partial charge >= 0.3 is 0 Å². The van der Waals surface area contributed by atoms with Gasteiger partial charge in [0, 0.05) is 18.9 Å². The second-order valence-electron chi connectivity index (χ2n) is 6.19. The van der Waals surface area contributed by atoms with Crippen molar-refractivity contribution >= 4 is 17.2 Å². The molecule has 1 aliphatic carbocycles. The number of carbonyl (C=O) groups is 1. The van der Waals surface area contributed by atoms with E-state index in [4.69, 9.17) is 0 Å². The van der Waals surface area contributed by atoms with Crippen molar-refractivity contribution < 1.29 is 9.90 Å². The van der Waals surface area contributed by atoms with Crippen molar-refractivity contribution in [2.45, 2.75) is 43.7 Å². The lowest BCUT2D eigenvalue weighted by atomic mass is 9.91. The lowest BCUT2D eigenvalue weighted by Crippen LogP contribution is -2.50. The quantitative estimate of drug-likeness (QED) is 0.912. The Morgan fingerprint density at radius 3 is 2.83 bits per heavy atom. The van der Waals surface area contributed by atoms with E-state index in [1.54, 1.807) is 24.8 Å². The van der Waals surface area contributed by atoms with Gasteiger partial charge in [-0.15, -0.1) is 11.3 Å². The fraction of sp³-hybridized carbons (Fsp3) is 0.500. The summed E-state index contributed by atoms with van der Waals surface area (Å²) >= 11 is 1.34. The number of aromatic nitrogens is 3. The maximum Gasteiger partial charge on any atom is 0.266 e. The van der Waals surface area contributed by atoms with Gasteiger partial charge in [0.15, 0.2) is 0 Å². The van der Waals surface area contributed by atoms with E-state index in [0.29, 0.717) is 28.5 Å². The van der Waals surface area contributed by atoms with Gasteiger partial charge in [0.2, 0.25) is 0 Å². The van der Waals surface area contributed by atoms with Crippen molar-refractivity contribution in [2.24, 2.45) is 0 Å². The monoisotopic (exact) mass is 330 g/mol. The molecule has 0 bridgehead atoms. The lowest BCUT2D eigenvalue weighted by Gasteiger charge is -2.37. The molecule has 2 aromatic rings. The molecule has 0 radical (unpaired) electrons. The van der Waals surface area contributed by atoms with Crippen molar-refractivity contribution in [1.82, 2.24) is 19.9 Å². The summed E-state index contributed by atoms with van der Waals surface area (Å²) in [7, 11) is 0. The second kappa shape index (κ2) is 5.65. The molecule has 6 nitrogen and oxygen atoms in total. The molecule has 2 aliphatic rings. The van der Waals surface area contributed by atoms with Crippen LogP contribution in [0.2, 0.25) is 0 Å². The Kier molecular flexibility index (Phi) is 3.61. The van der Waals surface area contributed by atoms with Crippen LogP contribution in [0.1, 0.15) is 41.8 Å². The molecular weight excluding hydrogens is 312 g/mol. The number of nitrogens with zero attached hydrogens (tertiary/aromatic N) is 4. The number of amides is 1. The highest BCUT2D eigenvalue weighted by Crippen LogP contribution is 2.44. The predicted molar refractivity (Wildman–Crippen MR) is 86.0 cm³/mol. The Morgan fingerprint density at radius 2 is 2.09 bits per heavy atom. The van der Waals surface area contributed by atoms with E-state index < -0.39 is 6.10 Å². The van der Waals surface area contributed by atoms with Crippen LogP contribution in [0.4, 0.5) is 0 Å². The van der Waals surface area contributed by atoms with Crippen molar-refractivity contribution in [1.29, 1.82) is 0 Å². The summed E-state index contributed by atoms with van der Waals surface area (Å²) < 4.78 is 0. The molecule has 7 heteroatoms.